The van der Waals surface area contributed by atoms with Gasteiger partial charge in [0, 0.05) is 18.1 Å². The van der Waals surface area contributed by atoms with Gasteiger partial charge in [0.2, 0.25) is 0 Å². The standard InChI is InChI=1S/C16H21N3O2/c1-16(2,3)21-15(20)19-14(10-17)12-7-6-11-5-4-8-18-13(11)9-12/h4-9,14H,10,17H2,1-3H3,(H,19,20). The second-order valence-electron chi connectivity index (χ2n) is 5.89. The van der Waals surface area contributed by atoms with Crippen LogP contribution < -0.4 is 11.1 Å². The van der Waals surface area contributed by atoms with E-state index in [1.54, 1.807) is 6.20 Å². The quantitative estimate of drug-likeness (QED) is 0.910. The third-order valence-corrected chi connectivity index (χ3v) is 2.96. The van der Waals surface area contributed by atoms with Gasteiger partial charge in [-0.25, -0.2) is 4.79 Å². The third-order valence-electron chi connectivity index (χ3n) is 2.96. The lowest BCUT2D eigenvalue weighted by Crippen LogP contribution is -2.37. The summed E-state index contributed by atoms with van der Waals surface area (Å²) in [5.74, 6) is 0. The fourth-order valence-corrected chi connectivity index (χ4v) is 2.03. The maximum absolute atomic E-state index is 11.9. The second-order valence-corrected chi connectivity index (χ2v) is 5.89. The molecule has 0 radical (unpaired) electrons. The summed E-state index contributed by atoms with van der Waals surface area (Å²) in [7, 11) is 0. The first-order valence-electron chi connectivity index (χ1n) is 6.93. The van der Waals surface area contributed by atoms with E-state index in [9.17, 15) is 4.79 Å². The normalized spacial score (nSPS) is 13.0. The van der Waals surface area contributed by atoms with Gasteiger partial charge in [0.05, 0.1) is 11.6 Å². The average molecular weight is 287 g/mol. The molecule has 0 aliphatic heterocycles. The first kappa shape index (κ1) is 15.3. The van der Waals surface area contributed by atoms with Gasteiger partial charge in [-0.2, -0.15) is 0 Å². The number of amides is 1. The van der Waals surface area contributed by atoms with Gasteiger partial charge in [0.1, 0.15) is 5.60 Å². The maximum atomic E-state index is 11.9. The highest BCUT2D eigenvalue weighted by Gasteiger charge is 2.20. The molecule has 1 atom stereocenters. The Balaban J connectivity index is 2.17. The molecule has 5 nitrogen and oxygen atoms in total. The Hall–Kier alpha value is -2.14. The average Bonchev–Trinajstić information content (AvgIpc) is 2.42. The SMILES string of the molecule is CC(C)(C)OC(=O)NC(CN)c1ccc2cccnc2c1. The minimum atomic E-state index is -0.534. The molecule has 0 bridgehead atoms. The first-order chi connectivity index (χ1) is 9.89. The van der Waals surface area contributed by atoms with Crippen LogP contribution >= 0.6 is 0 Å². The van der Waals surface area contributed by atoms with Crippen LogP contribution in [0.4, 0.5) is 4.79 Å². The molecule has 1 amide bonds. The Bertz CT molecular complexity index is 635. The van der Waals surface area contributed by atoms with E-state index >= 15 is 0 Å². The summed E-state index contributed by atoms with van der Waals surface area (Å²) in [6.07, 6.45) is 1.27. The summed E-state index contributed by atoms with van der Waals surface area (Å²) < 4.78 is 5.26. The number of ether oxygens (including phenoxy) is 1. The smallest absolute Gasteiger partial charge is 0.408 e. The van der Waals surface area contributed by atoms with Crippen molar-refractivity contribution >= 4 is 17.0 Å². The van der Waals surface area contributed by atoms with Crippen LogP contribution in [0.5, 0.6) is 0 Å². The van der Waals surface area contributed by atoms with E-state index in [0.29, 0.717) is 0 Å². The molecule has 0 saturated carbocycles. The van der Waals surface area contributed by atoms with Crippen molar-refractivity contribution in [3.05, 3.63) is 42.1 Å². The number of hydrogen-bond donors (Lipinski definition) is 2. The highest BCUT2D eigenvalue weighted by atomic mass is 16.6. The largest absolute Gasteiger partial charge is 0.444 e. The zero-order chi connectivity index (χ0) is 15.5. The molecule has 2 rings (SSSR count). The van der Waals surface area contributed by atoms with Crippen LogP contribution in [0.3, 0.4) is 0 Å². The summed E-state index contributed by atoms with van der Waals surface area (Å²) in [6.45, 7) is 5.76. The molecule has 1 unspecified atom stereocenters. The van der Waals surface area contributed by atoms with Crippen LogP contribution in [-0.2, 0) is 4.74 Å². The number of aromatic nitrogens is 1. The zero-order valence-corrected chi connectivity index (χ0v) is 12.6. The van der Waals surface area contributed by atoms with Gasteiger partial charge in [-0.15, -0.1) is 0 Å². The summed E-state index contributed by atoms with van der Waals surface area (Å²) in [6, 6.07) is 9.43. The minimum Gasteiger partial charge on any atom is -0.444 e. The predicted molar refractivity (Wildman–Crippen MR) is 82.9 cm³/mol. The predicted octanol–water partition coefficient (Wildman–Crippen LogP) is 2.76. The minimum absolute atomic E-state index is 0.289. The molecule has 0 aliphatic rings. The monoisotopic (exact) mass is 287 g/mol. The lowest BCUT2D eigenvalue weighted by molar-refractivity contribution is 0.0505. The highest BCUT2D eigenvalue weighted by Crippen LogP contribution is 2.19. The van der Waals surface area contributed by atoms with Gasteiger partial charge in [-0.1, -0.05) is 18.2 Å². The van der Waals surface area contributed by atoms with Crippen LogP contribution in [-0.4, -0.2) is 23.2 Å². The fourth-order valence-electron chi connectivity index (χ4n) is 2.03. The number of rotatable bonds is 3. The summed E-state index contributed by atoms with van der Waals surface area (Å²) in [5, 5.41) is 3.84. The van der Waals surface area contributed by atoms with Crippen molar-refractivity contribution in [2.75, 3.05) is 6.54 Å². The summed E-state index contributed by atoms with van der Waals surface area (Å²) in [5.41, 5.74) is 7.02. The van der Waals surface area contributed by atoms with Gasteiger partial charge in [0.25, 0.3) is 0 Å². The van der Waals surface area contributed by atoms with Crippen LogP contribution in [0, 0.1) is 0 Å². The lowest BCUT2D eigenvalue weighted by atomic mass is 10.0. The van der Waals surface area contributed by atoms with Crippen molar-refractivity contribution in [3.63, 3.8) is 0 Å². The summed E-state index contributed by atoms with van der Waals surface area (Å²) in [4.78, 5) is 16.2. The van der Waals surface area contributed by atoms with E-state index < -0.39 is 11.7 Å². The van der Waals surface area contributed by atoms with Crippen LogP contribution in [0.25, 0.3) is 10.9 Å². The van der Waals surface area contributed by atoms with Crippen molar-refractivity contribution in [3.8, 4) is 0 Å². The number of carbonyl (C=O) groups is 1. The molecule has 0 spiro atoms. The third kappa shape index (κ3) is 4.16. The van der Waals surface area contributed by atoms with Crippen molar-refractivity contribution in [1.82, 2.24) is 10.3 Å². The number of nitrogens with two attached hydrogens (primary N) is 1. The van der Waals surface area contributed by atoms with Crippen molar-refractivity contribution in [1.29, 1.82) is 0 Å². The number of fused-ring (bicyclic) bond motifs is 1. The van der Waals surface area contributed by atoms with Gasteiger partial charge < -0.3 is 15.8 Å². The van der Waals surface area contributed by atoms with Gasteiger partial charge >= 0.3 is 6.09 Å². The molecule has 5 heteroatoms. The molecule has 3 N–H and O–H groups in total. The molecule has 2 aromatic rings. The Morgan fingerprint density at radius 2 is 2.14 bits per heavy atom. The maximum Gasteiger partial charge on any atom is 0.408 e. The molecule has 21 heavy (non-hydrogen) atoms. The number of benzene rings is 1. The Morgan fingerprint density at radius 3 is 2.81 bits per heavy atom. The second kappa shape index (κ2) is 6.10. The van der Waals surface area contributed by atoms with E-state index in [2.05, 4.69) is 10.3 Å². The van der Waals surface area contributed by atoms with Crippen molar-refractivity contribution in [2.45, 2.75) is 32.4 Å². The molecule has 112 valence electrons. The van der Waals surface area contributed by atoms with Crippen molar-refractivity contribution < 1.29 is 9.53 Å². The molecular formula is C16H21N3O2. The molecule has 0 saturated heterocycles. The number of nitrogens with one attached hydrogen (secondary N) is 1. The molecule has 0 fully saturated rings. The molecule has 1 aromatic carbocycles. The Kier molecular flexibility index (Phi) is 4.43. The first-order valence-corrected chi connectivity index (χ1v) is 6.93. The van der Waals surface area contributed by atoms with Gasteiger partial charge in [0.15, 0.2) is 0 Å². The Labute approximate surface area is 124 Å². The molecule has 1 aromatic heterocycles. The van der Waals surface area contributed by atoms with Crippen molar-refractivity contribution in [2.24, 2.45) is 5.73 Å². The Morgan fingerprint density at radius 1 is 1.38 bits per heavy atom. The van der Waals surface area contributed by atoms with Gasteiger partial charge in [-0.3, -0.25) is 4.98 Å². The number of carbonyl (C=O) groups excluding carboxylic acids is 1. The lowest BCUT2D eigenvalue weighted by Gasteiger charge is -2.23. The topological polar surface area (TPSA) is 77.2 Å². The number of pyridine rings is 1. The van der Waals surface area contributed by atoms with Gasteiger partial charge in [-0.05, 0) is 38.5 Å². The number of hydrogen-bond acceptors (Lipinski definition) is 4. The zero-order valence-electron chi connectivity index (χ0n) is 12.6. The highest BCUT2D eigenvalue weighted by molar-refractivity contribution is 5.79. The van der Waals surface area contributed by atoms with E-state index in [1.807, 2.05) is 51.1 Å². The van der Waals surface area contributed by atoms with E-state index in [4.69, 9.17) is 10.5 Å². The summed E-state index contributed by atoms with van der Waals surface area (Å²) >= 11 is 0. The molecule has 1 heterocycles. The molecule has 0 aliphatic carbocycles. The number of alkyl carbamates (subject to hydrolysis) is 1. The number of nitrogens with zero attached hydrogens (tertiary/aromatic N) is 1. The van der Waals surface area contributed by atoms with Crippen LogP contribution in [0.2, 0.25) is 0 Å². The van der Waals surface area contributed by atoms with E-state index in [1.165, 1.54) is 0 Å². The molecular weight excluding hydrogens is 266 g/mol. The van der Waals surface area contributed by atoms with Crippen LogP contribution in [0.15, 0.2) is 36.5 Å². The van der Waals surface area contributed by atoms with E-state index in [-0.39, 0.29) is 12.6 Å². The fraction of sp³-hybridized carbons (Fsp3) is 0.375. The van der Waals surface area contributed by atoms with E-state index in [0.717, 1.165) is 16.5 Å². The van der Waals surface area contributed by atoms with Crippen LogP contribution in [0.1, 0.15) is 32.4 Å².